The molecule has 44 heavy (non-hydrogen) atoms. The van der Waals surface area contributed by atoms with E-state index in [0.29, 0.717) is 5.84 Å². The van der Waals surface area contributed by atoms with Gasteiger partial charge in [-0.2, -0.15) is 0 Å². The lowest BCUT2D eigenvalue weighted by Crippen LogP contribution is -2.33. The fraction of sp³-hybridized carbons (Fsp3) is 0.0500. The molecule has 1 unspecified atom stereocenters. The van der Waals surface area contributed by atoms with Crippen LogP contribution in [0.1, 0.15) is 34.0 Å². The first kappa shape index (κ1) is 24.8. The average Bonchev–Trinajstić information content (AvgIpc) is 3.64. The third kappa shape index (κ3) is 4.15. The number of furan rings is 1. The number of nitrogens with one attached hydrogen (secondary N) is 1. The van der Waals surface area contributed by atoms with Gasteiger partial charge in [0.1, 0.15) is 23.2 Å². The molecule has 1 aliphatic carbocycles. The molecule has 7 aromatic rings. The van der Waals surface area contributed by atoms with Gasteiger partial charge in [-0.25, -0.2) is 9.98 Å². The van der Waals surface area contributed by atoms with Crippen LogP contribution in [0.2, 0.25) is 0 Å². The molecular weight excluding hydrogens is 538 g/mol. The SMILES string of the molecule is c1ccc(-c2ccc(C3=NC(c4ccc5oc6cc7c(cc6c5c4)Cc4ccccc4-7)=NC(c4ccccc4)N3)cc2)cc1. The Morgan fingerprint density at radius 2 is 1.23 bits per heavy atom. The summed E-state index contributed by atoms with van der Waals surface area (Å²) in [6, 6.07) is 48.8. The zero-order valence-corrected chi connectivity index (χ0v) is 23.9. The lowest BCUT2D eigenvalue weighted by Gasteiger charge is -2.23. The molecule has 9 rings (SSSR count). The smallest absolute Gasteiger partial charge is 0.159 e. The van der Waals surface area contributed by atoms with Gasteiger partial charge >= 0.3 is 0 Å². The summed E-state index contributed by atoms with van der Waals surface area (Å²) in [6.07, 6.45) is 0.688. The summed E-state index contributed by atoms with van der Waals surface area (Å²) in [5.41, 5.74) is 12.5. The first-order chi connectivity index (χ1) is 21.8. The van der Waals surface area contributed by atoms with Gasteiger partial charge in [-0.1, -0.05) is 109 Å². The number of hydrogen-bond acceptors (Lipinski definition) is 4. The monoisotopic (exact) mass is 565 g/mol. The van der Waals surface area contributed by atoms with Gasteiger partial charge < -0.3 is 9.73 Å². The quantitative estimate of drug-likeness (QED) is 0.231. The van der Waals surface area contributed by atoms with Gasteiger partial charge in [0.2, 0.25) is 0 Å². The summed E-state index contributed by atoms with van der Waals surface area (Å²) in [5, 5.41) is 5.80. The Morgan fingerprint density at radius 3 is 2.07 bits per heavy atom. The second kappa shape index (κ2) is 9.92. The van der Waals surface area contributed by atoms with E-state index >= 15 is 0 Å². The molecule has 0 radical (unpaired) electrons. The summed E-state index contributed by atoms with van der Waals surface area (Å²) >= 11 is 0. The van der Waals surface area contributed by atoms with Crippen molar-refractivity contribution in [3.63, 3.8) is 0 Å². The van der Waals surface area contributed by atoms with E-state index < -0.39 is 0 Å². The standard InChI is InChI=1S/C40H27N3O/c1-3-9-25(10-4-1)26-15-17-28(18-16-26)39-41-38(27-11-5-2-6-12-27)42-40(43-39)30-19-20-36-34(22-30)35-23-31-21-29-13-7-8-14-32(29)33(31)24-37(35)44-36/h1-20,22-24,38H,21H2,(H,41,42,43). The van der Waals surface area contributed by atoms with Crippen LogP contribution in [0.3, 0.4) is 0 Å². The Morgan fingerprint density at radius 1 is 0.545 bits per heavy atom. The van der Waals surface area contributed by atoms with E-state index in [4.69, 9.17) is 14.4 Å². The second-order valence-electron chi connectivity index (χ2n) is 11.5. The largest absolute Gasteiger partial charge is 0.456 e. The molecule has 2 aliphatic rings. The number of nitrogens with zero attached hydrogens (tertiary/aromatic N) is 2. The molecule has 0 bridgehead atoms. The number of amidine groups is 2. The highest BCUT2D eigenvalue weighted by Gasteiger charge is 2.23. The molecule has 0 amide bonds. The summed E-state index contributed by atoms with van der Waals surface area (Å²) in [5.74, 6) is 1.50. The van der Waals surface area contributed by atoms with Crippen LogP contribution in [-0.2, 0) is 6.42 Å². The first-order valence-electron chi connectivity index (χ1n) is 15.0. The normalized spacial score (nSPS) is 15.4. The highest BCUT2D eigenvalue weighted by molar-refractivity contribution is 6.15. The van der Waals surface area contributed by atoms with E-state index in [9.17, 15) is 0 Å². The Balaban J connectivity index is 1.14. The van der Waals surface area contributed by atoms with Crippen LogP contribution in [-0.4, -0.2) is 11.7 Å². The molecule has 1 aliphatic heterocycles. The molecular formula is C40H27N3O. The van der Waals surface area contributed by atoms with Crippen LogP contribution in [0.4, 0.5) is 0 Å². The third-order valence-electron chi connectivity index (χ3n) is 8.76. The average molecular weight is 566 g/mol. The highest BCUT2D eigenvalue weighted by Crippen LogP contribution is 2.41. The summed E-state index contributed by atoms with van der Waals surface area (Å²) < 4.78 is 6.38. The molecule has 1 N–H and O–H groups in total. The molecule has 208 valence electrons. The van der Waals surface area contributed by atoms with E-state index in [0.717, 1.165) is 50.9 Å². The van der Waals surface area contributed by atoms with Crippen molar-refractivity contribution in [3.8, 4) is 22.3 Å². The maximum Gasteiger partial charge on any atom is 0.159 e. The zero-order chi connectivity index (χ0) is 29.0. The maximum atomic E-state index is 6.38. The van der Waals surface area contributed by atoms with Crippen molar-refractivity contribution in [3.05, 3.63) is 167 Å². The number of aliphatic imine (C=N–C) groups is 2. The predicted octanol–water partition coefficient (Wildman–Crippen LogP) is 9.32. The van der Waals surface area contributed by atoms with Crippen molar-refractivity contribution in [2.24, 2.45) is 9.98 Å². The predicted molar refractivity (Wildman–Crippen MR) is 179 cm³/mol. The lowest BCUT2D eigenvalue weighted by molar-refractivity contribution is 0.669. The van der Waals surface area contributed by atoms with Crippen LogP contribution >= 0.6 is 0 Å². The molecule has 0 saturated carbocycles. The van der Waals surface area contributed by atoms with Crippen molar-refractivity contribution in [1.82, 2.24) is 5.32 Å². The van der Waals surface area contributed by atoms with Crippen molar-refractivity contribution in [2.75, 3.05) is 0 Å². The fourth-order valence-electron chi connectivity index (χ4n) is 6.53. The minimum absolute atomic E-state index is 0.258. The zero-order valence-electron chi connectivity index (χ0n) is 23.9. The van der Waals surface area contributed by atoms with E-state index in [1.54, 1.807) is 0 Å². The van der Waals surface area contributed by atoms with Crippen molar-refractivity contribution in [2.45, 2.75) is 12.6 Å². The van der Waals surface area contributed by atoms with Gasteiger partial charge in [0, 0.05) is 21.9 Å². The lowest BCUT2D eigenvalue weighted by atomic mass is 10.0. The minimum Gasteiger partial charge on any atom is -0.456 e. The molecule has 0 spiro atoms. The van der Waals surface area contributed by atoms with E-state index in [1.807, 2.05) is 24.3 Å². The molecule has 1 atom stereocenters. The maximum absolute atomic E-state index is 6.38. The Kier molecular flexibility index (Phi) is 5.60. The molecule has 4 nitrogen and oxygen atoms in total. The fourth-order valence-corrected chi connectivity index (χ4v) is 6.53. The number of hydrogen-bond donors (Lipinski definition) is 1. The summed E-state index contributed by atoms with van der Waals surface area (Å²) in [6.45, 7) is 0. The Labute approximate surface area is 255 Å². The van der Waals surface area contributed by atoms with Gasteiger partial charge in [0.05, 0.1) is 0 Å². The topological polar surface area (TPSA) is 49.9 Å². The van der Waals surface area contributed by atoms with Crippen LogP contribution < -0.4 is 5.32 Å². The van der Waals surface area contributed by atoms with Gasteiger partial charge in [-0.3, -0.25) is 0 Å². The highest BCUT2D eigenvalue weighted by atomic mass is 16.3. The molecule has 1 aromatic heterocycles. The van der Waals surface area contributed by atoms with Crippen molar-refractivity contribution < 1.29 is 4.42 Å². The van der Waals surface area contributed by atoms with E-state index in [-0.39, 0.29) is 6.17 Å². The van der Waals surface area contributed by atoms with Gasteiger partial charge in [-0.05, 0) is 75.7 Å². The number of rotatable bonds is 4. The summed E-state index contributed by atoms with van der Waals surface area (Å²) in [7, 11) is 0. The minimum atomic E-state index is -0.258. The van der Waals surface area contributed by atoms with Gasteiger partial charge in [-0.15, -0.1) is 0 Å². The van der Waals surface area contributed by atoms with Crippen molar-refractivity contribution >= 4 is 33.6 Å². The van der Waals surface area contributed by atoms with Crippen LogP contribution in [0.15, 0.2) is 154 Å². The van der Waals surface area contributed by atoms with Crippen LogP contribution in [0.5, 0.6) is 0 Å². The molecule has 2 heterocycles. The second-order valence-corrected chi connectivity index (χ2v) is 11.5. The third-order valence-corrected chi connectivity index (χ3v) is 8.76. The number of fused-ring (bicyclic) bond motifs is 6. The van der Waals surface area contributed by atoms with Crippen LogP contribution in [0, 0.1) is 0 Å². The molecule has 4 heteroatoms. The molecule has 0 saturated heterocycles. The van der Waals surface area contributed by atoms with E-state index in [1.165, 1.54) is 33.4 Å². The van der Waals surface area contributed by atoms with Gasteiger partial charge in [0.25, 0.3) is 0 Å². The molecule has 6 aromatic carbocycles. The Hall–Kier alpha value is -5.74. The first-order valence-corrected chi connectivity index (χ1v) is 15.0. The van der Waals surface area contributed by atoms with Gasteiger partial charge in [0.15, 0.2) is 5.84 Å². The Bertz CT molecular complexity index is 2260. The van der Waals surface area contributed by atoms with Crippen LogP contribution in [0.25, 0.3) is 44.2 Å². The van der Waals surface area contributed by atoms with E-state index in [2.05, 4.69) is 121 Å². The number of benzene rings is 6. The summed E-state index contributed by atoms with van der Waals surface area (Å²) in [4.78, 5) is 10.2. The van der Waals surface area contributed by atoms with Crippen molar-refractivity contribution in [1.29, 1.82) is 0 Å². The molecule has 0 fully saturated rings.